The SMILES string of the molecule is O=c1c(Cl)c(Cl)cnn1Cc1cc(Cl)cc2c1OCC2. The lowest BCUT2D eigenvalue weighted by molar-refractivity contribution is 0.352. The molecule has 4 nitrogen and oxygen atoms in total. The van der Waals surface area contributed by atoms with Crippen LogP contribution in [0.5, 0.6) is 5.75 Å². The van der Waals surface area contributed by atoms with Crippen molar-refractivity contribution in [1.82, 2.24) is 9.78 Å². The lowest BCUT2D eigenvalue weighted by Crippen LogP contribution is -2.24. The van der Waals surface area contributed by atoms with Crippen molar-refractivity contribution in [3.05, 3.63) is 54.9 Å². The first kappa shape index (κ1) is 13.7. The van der Waals surface area contributed by atoms with Crippen LogP contribution in [0.25, 0.3) is 0 Å². The van der Waals surface area contributed by atoms with E-state index in [0.717, 1.165) is 23.3 Å². The molecule has 0 radical (unpaired) electrons. The molecule has 1 aromatic carbocycles. The van der Waals surface area contributed by atoms with Crippen molar-refractivity contribution >= 4 is 34.8 Å². The van der Waals surface area contributed by atoms with Crippen LogP contribution in [0.3, 0.4) is 0 Å². The van der Waals surface area contributed by atoms with Crippen LogP contribution < -0.4 is 10.3 Å². The topological polar surface area (TPSA) is 44.1 Å². The minimum Gasteiger partial charge on any atom is -0.493 e. The number of rotatable bonds is 2. The van der Waals surface area contributed by atoms with E-state index in [0.29, 0.717) is 11.6 Å². The summed E-state index contributed by atoms with van der Waals surface area (Å²) in [5, 5.41) is 4.69. The molecule has 1 aliphatic heterocycles. The molecule has 20 heavy (non-hydrogen) atoms. The molecular formula is C13H9Cl3N2O2. The summed E-state index contributed by atoms with van der Waals surface area (Å²) in [4.78, 5) is 12.0. The molecule has 1 aliphatic rings. The van der Waals surface area contributed by atoms with Crippen molar-refractivity contribution in [2.75, 3.05) is 6.61 Å². The zero-order valence-electron chi connectivity index (χ0n) is 10.2. The van der Waals surface area contributed by atoms with E-state index in [1.54, 1.807) is 6.07 Å². The van der Waals surface area contributed by atoms with E-state index >= 15 is 0 Å². The summed E-state index contributed by atoms with van der Waals surface area (Å²) in [6.07, 6.45) is 2.16. The van der Waals surface area contributed by atoms with E-state index in [-0.39, 0.29) is 16.6 Å². The molecule has 7 heteroatoms. The van der Waals surface area contributed by atoms with Gasteiger partial charge < -0.3 is 4.74 Å². The highest BCUT2D eigenvalue weighted by atomic mass is 35.5. The molecule has 0 saturated heterocycles. The van der Waals surface area contributed by atoms with Gasteiger partial charge in [-0.15, -0.1) is 0 Å². The van der Waals surface area contributed by atoms with Gasteiger partial charge in [-0.05, 0) is 17.7 Å². The minimum atomic E-state index is -0.439. The third kappa shape index (κ3) is 2.39. The molecule has 0 aliphatic carbocycles. The molecular weight excluding hydrogens is 323 g/mol. The molecule has 0 N–H and O–H groups in total. The van der Waals surface area contributed by atoms with Gasteiger partial charge in [-0.25, -0.2) is 4.68 Å². The quantitative estimate of drug-likeness (QED) is 0.849. The van der Waals surface area contributed by atoms with Gasteiger partial charge in [-0.2, -0.15) is 5.10 Å². The predicted octanol–water partition coefficient (Wildman–Crippen LogP) is 3.19. The first-order chi connectivity index (χ1) is 9.56. The third-order valence-corrected chi connectivity index (χ3v) is 4.05. The van der Waals surface area contributed by atoms with E-state index in [9.17, 15) is 4.79 Å². The van der Waals surface area contributed by atoms with Crippen LogP contribution in [-0.4, -0.2) is 16.4 Å². The normalized spacial score (nSPS) is 13.2. The number of nitrogens with zero attached hydrogens (tertiary/aromatic N) is 2. The summed E-state index contributed by atoms with van der Waals surface area (Å²) in [7, 11) is 0. The number of benzene rings is 1. The summed E-state index contributed by atoms with van der Waals surface area (Å²) in [6, 6.07) is 3.64. The van der Waals surface area contributed by atoms with E-state index in [1.165, 1.54) is 10.9 Å². The lowest BCUT2D eigenvalue weighted by Gasteiger charge is -2.10. The molecule has 104 valence electrons. The Morgan fingerprint density at radius 2 is 2.10 bits per heavy atom. The number of halogens is 3. The Morgan fingerprint density at radius 3 is 2.90 bits per heavy atom. The average Bonchev–Trinajstić information content (AvgIpc) is 2.87. The maximum Gasteiger partial charge on any atom is 0.287 e. The molecule has 0 atom stereocenters. The summed E-state index contributed by atoms with van der Waals surface area (Å²) in [5.41, 5.74) is 1.41. The van der Waals surface area contributed by atoms with Gasteiger partial charge in [0, 0.05) is 17.0 Å². The predicted molar refractivity (Wildman–Crippen MR) is 78.3 cm³/mol. The Morgan fingerprint density at radius 1 is 1.30 bits per heavy atom. The lowest BCUT2D eigenvalue weighted by atomic mass is 10.1. The van der Waals surface area contributed by atoms with Gasteiger partial charge in [0.05, 0.1) is 24.4 Å². The Balaban J connectivity index is 2.05. The highest BCUT2D eigenvalue weighted by molar-refractivity contribution is 6.41. The first-order valence-electron chi connectivity index (χ1n) is 5.91. The summed E-state index contributed by atoms with van der Waals surface area (Å²) < 4.78 is 6.83. The molecule has 0 fully saturated rings. The van der Waals surface area contributed by atoms with Crippen molar-refractivity contribution in [2.45, 2.75) is 13.0 Å². The van der Waals surface area contributed by atoms with Crippen LogP contribution in [0, 0.1) is 0 Å². The number of aromatic nitrogens is 2. The molecule has 0 unspecified atom stereocenters. The van der Waals surface area contributed by atoms with Gasteiger partial charge in [0.1, 0.15) is 10.8 Å². The van der Waals surface area contributed by atoms with Gasteiger partial charge >= 0.3 is 0 Å². The number of hydrogen-bond acceptors (Lipinski definition) is 3. The fraction of sp³-hybridized carbons (Fsp3) is 0.231. The smallest absolute Gasteiger partial charge is 0.287 e. The summed E-state index contributed by atoms with van der Waals surface area (Å²) in [6.45, 7) is 0.852. The van der Waals surface area contributed by atoms with Crippen LogP contribution in [0.1, 0.15) is 11.1 Å². The number of ether oxygens (including phenoxy) is 1. The Bertz CT molecular complexity index is 743. The van der Waals surface area contributed by atoms with E-state index < -0.39 is 5.56 Å². The standard InChI is InChI=1S/C13H9Cl3N2O2/c14-9-3-7-1-2-20-12(7)8(4-9)6-18-13(19)11(16)10(15)5-17-18/h3-5H,1-2,6H2. The van der Waals surface area contributed by atoms with E-state index in [2.05, 4.69) is 5.10 Å². The van der Waals surface area contributed by atoms with Crippen LogP contribution >= 0.6 is 34.8 Å². The van der Waals surface area contributed by atoms with Crippen LogP contribution in [-0.2, 0) is 13.0 Å². The Labute approximate surface area is 129 Å². The second kappa shape index (κ2) is 5.28. The van der Waals surface area contributed by atoms with Gasteiger partial charge in [-0.1, -0.05) is 34.8 Å². The van der Waals surface area contributed by atoms with Crippen molar-refractivity contribution in [1.29, 1.82) is 0 Å². The minimum absolute atomic E-state index is 0.0405. The second-order valence-electron chi connectivity index (χ2n) is 4.42. The molecule has 3 rings (SSSR count). The van der Waals surface area contributed by atoms with Gasteiger partial charge in [0.15, 0.2) is 0 Å². The third-order valence-electron chi connectivity index (χ3n) is 3.09. The second-order valence-corrected chi connectivity index (χ2v) is 5.64. The highest BCUT2D eigenvalue weighted by Crippen LogP contribution is 2.33. The zero-order valence-corrected chi connectivity index (χ0v) is 12.5. The maximum absolute atomic E-state index is 12.0. The maximum atomic E-state index is 12.0. The van der Waals surface area contributed by atoms with Crippen LogP contribution in [0.2, 0.25) is 15.1 Å². The van der Waals surface area contributed by atoms with Crippen molar-refractivity contribution in [3.63, 3.8) is 0 Å². The fourth-order valence-corrected chi connectivity index (χ4v) is 2.72. The molecule has 0 saturated carbocycles. The molecule has 0 amide bonds. The molecule has 2 heterocycles. The van der Waals surface area contributed by atoms with Crippen LogP contribution in [0.15, 0.2) is 23.1 Å². The van der Waals surface area contributed by atoms with Crippen molar-refractivity contribution in [2.24, 2.45) is 0 Å². The zero-order chi connectivity index (χ0) is 14.3. The summed E-state index contributed by atoms with van der Waals surface area (Å²) >= 11 is 17.7. The van der Waals surface area contributed by atoms with Gasteiger partial charge in [0.2, 0.25) is 0 Å². The van der Waals surface area contributed by atoms with Gasteiger partial charge in [0.25, 0.3) is 5.56 Å². The summed E-state index contributed by atoms with van der Waals surface area (Å²) in [5.74, 6) is 0.772. The number of fused-ring (bicyclic) bond motifs is 1. The van der Waals surface area contributed by atoms with E-state index in [4.69, 9.17) is 39.5 Å². The molecule has 0 bridgehead atoms. The largest absolute Gasteiger partial charge is 0.493 e. The number of hydrogen-bond donors (Lipinski definition) is 0. The van der Waals surface area contributed by atoms with Crippen molar-refractivity contribution < 1.29 is 4.74 Å². The Hall–Kier alpha value is -1.23. The van der Waals surface area contributed by atoms with Crippen LogP contribution in [0.4, 0.5) is 0 Å². The van der Waals surface area contributed by atoms with E-state index in [1.807, 2.05) is 6.07 Å². The van der Waals surface area contributed by atoms with Crippen molar-refractivity contribution in [3.8, 4) is 5.75 Å². The average molecular weight is 332 g/mol. The molecule has 1 aromatic heterocycles. The Kier molecular flexibility index (Phi) is 3.63. The first-order valence-corrected chi connectivity index (χ1v) is 7.05. The molecule has 2 aromatic rings. The fourth-order valence-electron chi connectivity index (χ4n) is 2.18. The monoisotopic (exact) mass is 330 g/mol. The molecule has 0 spiro atoms. The van der Waals surface area contributed by atoms with Gasteiger partial charge in [-0.3, -0.25) is 4.79 Å². The highest BCUT2D eigenvalue weighted by Gasteiger charge is 2.19.